The number of carbonyl (C=O) groups excluding carboxylic acids is 1. The van der Waals surface area contributed by atoms with Gasteiger partial charge in [0.15, 0.2) is 0 Å². The zero-order valence-corrected chi connectivity index (χ0v) is 20.9. The Morgan fingerprint density at radius 2 is 1.64 bits per heavy atom. The molecule has 2 aliphatic rings. The van der Waals surface area contributed by atoms with Gasteiger partial charge in [-0.15, -0.1) is 0 Å². The largest absolute Gasteiger partial charge is 0.506 e. The van der Waals surface area contributed by atoms with Crippen LogP contribution in [0.4, 0.5) is 0 Å². The Hall–Kier alpha value is -3.85. The maximum absolute atomic E-state index is 13.4. The normalized spacial score (nSPS) is 18.7. The van der Waals surface area contributed by atoms with E-state index in [1.165, 1.54) is 28.3 Å². The van der Waals surface area contributed by atoms with E-state index in [1.807, 2.05) is 37.3 Å². The molecule has 3 heteroatoms. The number of hydrogen-bond acceptors (Lipinski definition) is 2. The van der Waals surface area contributed by atoms with E-state index in [4.69, 9.17) is 0 Å². The fourth-order valence-corrected chi connectivity index (χ4v) is 6.56. The van der Waals surface area contributed by atoms with Crippen LogP contribution in [0.5, 0.6) is 0 Å². The third kappa shape index (κ3) is 3.22. The van der Waals surface area contributed by atoms with Crippen LogP contribution in [-0.4, -0.2) is 15.9 Å². The van der Waals surface area contributed by atoms with Gasteiger partial charge in [0, 0.05) is 27.6 Å². The summed E-state index contributed by atoms with van der Waals surface area (Å²) in [6, 6.07) is 20.9. The number of aliphatic hydroxyl groups is 1. The smallest absolute Gasteiger partial charge is 0.201 e. The highest BCUT2D eigenvalue weighted by atomic mass is 16.3. The molecule has 1 fully saturated rings. The SMILES string of the molecule is C=C(/C=C1/C(=O)C(c2c(C)[nH]c3ccccc23)=C1O)C1(c2ccc3ccccc3c2C)CCCCC1. The summed E-state index contributed by atoms with van der Waals surface area (Å²) >= 11 is 0. The highest BCUT2D eigenvalue weighted by molar-refractivity contribution is 6.40. The second-order valence-electron chi connectivity index (χ2n) is 10.4. The Bertz CT molecular complexity index is 1620. The Balaban J connectivity index is 1.44. The molecule has 3 aromatic carbocycles. The van der Waals surface area contributed by atoms with Gasteiger partial charge in [0.2, 0.25) is 5.78 Å². The van der Waals surface area contributed by atoms with Gasteiger partial charge in [-0.25, -0.2) is 0 Å². The molecule has 36 heavy (non-hydrogen) atoms. The Morgan fingerprint density at radius 3 is 2.39 bits per heavy atom. The summed E-state index contributed by atoms with van der Waals surface area (Å²) in [7, 11) is 0. The summed E-state index contributed by atoms with van der Waals surface area (Å²) in [5.74, 6) is -0.0297. The lowest BCUT2D eigenvalue weighted by atomic mass is 9.63. The molecule has 0 amide bonds. The molecule has 4 aromatic rings. The van der Waals surface area contributed by atoms with Gasteiger partial charge in [-0.2, -0.15) is 0 Å². The fourth-order valence-electron chi connectivity index (χ4n) is 6.56. The first kappa shape index (κ1) is 22.6. The fraction of sp³-hybridized carbons (Fsp3) is 0.242. The van der Waals surface area contributed by atoms with Crippen molar-refractivity contribution in [2.75, 3.05) is 0 Å². The number of fused-ring (bicyclic) bond motifs is 2. The van der Waals surface area contributed by atoms with Gasteiger partial charge in [0.1, 0.15) is 5.76 Å². The van der Waals surface area contributed by atoms with Crippen LogP contribution in [-0.2, 0) is 10.2 Å². The second-order valence-corrected chi connectivity index (χ2v) is 10.4. The third-order valence-electron chi connectivity index (χ3n) is 8.46. The lowest BCUT2D eigenvalue weighted by Crippen LogP contribution is -2.32. The summed E-state index contributed by atoms with van der Waals surface area (Å²) in [6.07, 6.45) is 7.34. The highest BCUT2D eigenvalue weighted by Crippen LogP contribution is 2.49. The molecule has 2 aliphatic carbocycles. The van der Waals surface area contributed by atoms with Gasteiger partial charge >= 0.3 is 0 Å². The van der Waals surface area contributed by atoms with Crippen LogP contribution in [0, 0.1) is 13.8 Å². The Kier molecular flexibility index (Phi) is 5.26. The van der Waals surface area contributed by atoms with Gasteiger partial charge in [0.25, 0.3) is 0 Å². The summed E-state index contributed by atoms with van der Waals surface area (Å²) in [6.45, 7) is 8.68. The van der Waals surface area contributed by atoms with Gasteiger partial charge in [-0.05, 0) is 66.3 Å². The minimum Gasteiger partial charge on any atom is -0.506 e. The standard InChI is InChI=1S/C33H31NO2/c1-20(19-26-31(35)30(32(26)36)29-22(3)34-28-14-8-7-13-25(28)29)33(17-9-4-10-18-33)27-16-15-23-11-5-6-12-24(23)21(27)2/h5-8,11-16,19,34-35H,1,4,9-10,17-18H2,2-3H3/b26-19+. The van der Waals surface area contributed by atoms with Crippen LogP contribution in [0.3, 0.4) is 0 Å². The molecule has 180 valence electrons. The number of aromatic nitrogens is 1. The van der Waals surface area contributed by atoms with Gasteiger partial charge in [-0.3, -0.25) is 4.79 Å². The molecular weight excluding hydrogens is 442 g/mol. The lowest BCUT2D eigenvalue weighted by molar-refractivity contribution is -0.111. The van der Waals surface area contributed by atoms with E-state index < -0.39 is 0 Å². The topological polar surface area (TPSA) is 53.1 Å². The first-order valence-electron chi connectivity index (χ1n) is 12.9. The average molecular weight is 474 g/mol. The molecule has 0 spiro atoms. The summed E-state index contributed by atoms with van der Waals surface area (Å²) < 4.78 is 0. The van der Waals surface area contributed by atoms with Crippen molar-refractivity contribution in [3.05, 3.63) is 113 Å². The first-order chi connectivity index (χ1) is 17.4. The summed E-state index contributed by atoms with van der Waals surface area (Å²) in [5, 5.41) is 14.6. The number of rotatable bonds is 4. The van der Waals surface area contributed by atoms with Crippen molar-refractivity contribution >= 4 is 33.0 Å². The molecular formula is C33H31NO2. The monoisotopic (exact) mass is 473 g/mol. The summed E-state index contributed by atoms with van der Waals surface area (Å²) in [4.78, 5) is 16.8. The van der Waals surface area contributed by atoms with Crippen molar-refractivity contribution in [1.82, 2.24) is 4.98 Å². The van der Waals surface area contributed by atoms with Gasteiger partial charge in [0.05, 0.1) is 11.1 Å². The van der Waals surface area contributed by atoms with Crippen molar-refractivity contribution in [3.63, 3.8) is 0 Å². The molecule has 1 heterocycles. The second kappa shape index (κ2) is 8.37. The number of aryl methyl sites for hydroxylation is 2. The van der Waals surface area contributed by atoms with E-state index in [0.717, 1.165) is 53.4 Å². The number of ketones is 1. The molecule has 0 radical (unpaired) electrons. The van der Waals surface area contributed by atoms with E-state index >= 15 is 0 Å². The molecule has 0 bridgehead atoms. The number of aliphatic hydroxyl groups excluding tert-OH is 1. The van der Waals surface area contributed by atoms with E-state index in [9.17, 15) is 9.90 Å². The van der Waals surface area contributed by atoms with Crippen molar-refractivity contribution in [3.8, 4) is 0 Å². The number of allylic oxidation sites excluding steroid dienone is 4. The number of aromatic amines is 1. The van der Waals surface area contributed by atoms with Gasteiger partial charge < -0.3 is 10.1 Å². The number of para-hydroxylation sites is 1. The molecule has 1 aromatic heterocycles. The van der Waals surface area contributed by atoms with Crippen molar-refractivity contribution in [2.45, 2.75) is 51.4 Å². The van der Waals surface area contributed by atoms with Crippen LogP contribution in [0.1, 0.15) is 54.5 Å². The molecule has 2 N–H and O–H groups in total. The molecule has 6 rings (SSSR count). The maximum Gasteiger partial charge on any atom is 0.201 e. The molecule has 3 nitrogen and oxygen atoms in total. The van der Waals surface area contributed by atoms with Crippen molar-refractivity contribution < 1.29 is 9.90 Å². The third-order valence-corrected chi connectivity index (χ3v) is 8.46. The van der Waals surface area contributed by atoms with Crippen LogP contribution < -0.4 is 0 Å². The average Bonchev–Trinajstić information content (AvgIpc) is 3.23. The number of H-pyrrole nitrogens is 1. The minimum atomic E-state index is -0.230. The number of hydrogen-bond donors (Lipinski definition) is 2. The van der Waals surface area contributed by atoms with Gasteiger partial charge in [-0.1, -0.05) is 80.4 Å². The van der Waals surface area contributed by atoms with Crippen LogP contribution in [0.15, 0.2) is 90.2 Å². The Morgan fingerprint density at radius 1 is 0.944 bits per heavy atom. The van der Waals surface area contributed by atoms with Crippen LogP contribution in [0.2, 0.25) is 0 Å². The number of carbonyl (C=O) groups is 1. The highest BCUT2D eigenvalue weighted by Gasteiger charge is 2.41. The van der Waals surface area contributed by atoms with E-state index in [-0.39, 0.29) is 17.0 Å². The molecule has 1 saturated carbocycles. The Labute approximate surface area is 211 Å². The lowest BCUT2D eigenvalue weighted by Gasteiger charge is -2.40. The maximum atomic E-state index is 13.4. The number of nitrogens with one attached hydrogen (secondary N) is 1. The minimum absolute atomic E-state index is 0.0789. The quantitative estimate of drug-likeness (QED) is 0.294. The molecule has 0 saturated heterocycles. The van der Waals surface area contributed by atoms with E-state index in [1.54, 1.807) is 0 Å². The van der Waals surface area contributed by atoms with E-state index in [2.05, 4.69) is 54.9 Å². The first-order valence-corrected chi connectivity index (χ1v) is 12.9. The zero-order valence-electron chi connectivity index (χ0n) is 20.9. The zero-order chi connectivity index (χ0) is 25.0. The number of benzene rings is 3. The molecule has 0 aliphatic heterocycles. The summed E-state index contributed by atoms with van der Waals surface area (Å²) in [5.41, 5.74) is 6.71. The number of Topliss-reactive ketones (excluding diaryl/α,β-unsaturated/α-hetero) is 1. The predicted octanol–water partition coefficient (Wildman–Crippen LogP) is 8.17. The van der Waals surface area contributed by atoms with Crippen LogP contribution >= 0.6 is 0 Å². The van der Waals surface area contributed by atoms with E-state index in [0.29, 0.717) is 11.1 Å². The van der Waals surface area contributed by atoms with Crippen molar-refractivity contribution in [1.29, 1.82) is 0 Å². The molecule has 0 unspecified atom stereocenters. The van der Waals surface area contributed by atoms with Crippen LogP contribution in [0.25, 0.3) is 27.2 Å². The molecule has 0 atom stereocenters. The van der Waals surface area contributed by atoms with Crippen molar-refractivity contribution in [2.24, 2.45) is 0 Å². The predicted molar refractivity (Wildman–Crippen MR) is 148 cm³/mol.